The average Bonchev–Trinajstić information content (AvgIpc) is 2.48. The van der Waals surface area contributed by atoms with Crippen LogP contribution in [0.3, 0.4) is 0 Å². The largest absolute Gasteiger partial charge is 0.375 e. The summed E-state index contributed by atoms with van der Waals surface area (Å²) in [6, 6.07) is 8.65. The fourth-order valence-electron chi connectivity index (χ4n) is 1.77. The lowest BCUT2D eigenvalue weighted by molar-refractivity contribution is -0.384. The minimum Gasteiger partial charge on any atom is -0.375 e. The summed E-state index contributed by atoms with van der Waals surface area (Å²) in [6.45, 7) is -0.115. The first-order valence-electron chi connectivity index (χ1n) is 5.87. The van der Waals surface area contributed by atoms with E-state index in [-0.39, 0.29) is 29.0 Å². The van der Waals surface area contributed by atoms with Gasteiger partial charge in [0.1, 0.15) is 17.3 Å². The number of halogens is 2. The number of hydrogen-bond donors (Lipinski definition) is 1. The van der Waals surface area contributed by atoms with Crippen molar-refractivity contribution in [3.63, 3.8) is 0 Å². The van der Waals surface area contributed by atoms with Crippen molar-refractivity contribution in [2.45, 2.75) is 6.54 Å². The number of hydrogen-bond acceptors (Lipinski definition) is 4. The highest BCUT2D eigenvalue weighted by atomic mass is 19.1. The van der Waals surface area contributed by atoms with Crippen molar-refractivity contribution < 1.29 is 13.7 Å². The third-order valence-electron chi connectivity index (χ3n) is 2.80. The molecular weight excluding hydrogens is 280 g/mol. The van der Waals surface area contributed by atoms with Crippen LogP contribution in [0.2, 0.25) is 0 Å². The molecule has 0 saturated heterocycles. The lowest BCUT2D eigenvalue weighted by Gasteiger charge is -2.08. The summed E-state index contributed by atoms with van der Waals surface area (Å²) in [6.07, 6.45) is 0. The van der Waals surface area contributed by atoms with Crippen LogP contribution in [-0.2, 0) is 6.54 Å². The smallest absolute Gasteiger partial charge is 0.293 e. The van der Waals surface area contributed by atoms with Gasteiger partial charge in [0.05, 0.1) is 16.6 Å². The van der Waals surface area contributed by atoms with Gasteiger partial charge >= 0.3 is 0 Å². The molecule has 0 atom stereocenters. The van der Waals surface area contributed by atoms with Crippen LogP contribution < -0.4 is 5.32 Å². The van der Waals surface area contributed by atoms with E-state index >= 15 is 0 Å². The monoisotopic (exact) mass is 289 g/mol. The van der Waals surface area contributed by atoms with Crippen LogP contribution in [0.25, 0.3) is 0 Å². The minimum absolute atomic E-state index is 0.0497. The Morgan fingerprint density at radius 3 is 2.67 bits per heavy atom. The Morgan fingerprint density at radius 1 is 1.24 bits per heavy atom. The fraction of sp³-hybridized carbons (Fsp3) is 0.0714. The van der Waals surface area contributed by atoms with Crippen molar-refractivity contribution in [1.29, 1.82) is 5.26 Å². The number of nitrogens with zero attached hydrogens (tertiary/aromatic N) is 2. The van der Waals surface area contributed by atoms with Gasteiger partial charge in [0.25, 0.3) is 5.69 Å². The normalized spacial score (nSPS) is 9.95. The molecule has 0 amide bonds. The van der Waals surface area contributed by atoms with Gasteiger partial charge in [-0.3, -0.25) is 10.1 Å². The fourth-order valence-corrected chi connectivity index (χ4v) is 1.77. The number of benzene rings is 2. The highest BCUT2D eigenvalue weighted by Gasteiger charge is 2.15. The van der Waals surface area contributed by atoms with E-state index in [4.69, 9.17) is 5.26 Å². The van der Waals surface area contributed by atoms with E-state index in [1.165, 1.54) is 12.1 Å². The quantitative estimate of drug-likeness (QED) is 0.691. The number of nitro groups is 1. The molecule has 7 heteroatoms. The number of rotatable bonds is 4. The van der Waals surface area contributed by atoms with Crippen molar-refractivity contribution in [2.75, 3.05) is 5.32 Å². The van der Waals surface area contributed by atoms with Crippen molar-refractivity contribution >= 4 is 11.4 Å². The minimum atomic E-state index is -0.648. The first kappa shape index (κ1) is 14.4. The summed E-state index contributed by atoms with van der Waals surface area (Å²) >= 11 is 0. The Hall–Kier alpha value is -3.01. The van der Waals surface area contributed by atoms with Crippen LogP contribution in [0.15, 0.2) is 36.4 Å². The number of nitro benzene ring substituents is 1. The zero-order valence-corrected chi connectivity index (χ0v) is 10.6. The molecule has 0 saturated carbocycles. The van der Waals surface area contributed by atoms with Crippen LogP contribution in [-0.4, -0.2) is 4.92 Å². The summed E-state index contributed by atoms with van der Waals surface area (Å²) < 4.78 is 26.5. The second-order valence-electron chi connectivity index (χ2n) is 4.19. The Bertz CT molecular complexity index is 741. The van der Waals surface area contributed by atoms with Crippen molar-refractivity contribution in [3.05, 3.63) is 69.3 Å². The van der Waals surface area contributed by atoms with Crippen LogP contribution in [0.4, 0.5) is 20.2 Å². The van der Waals surface area contributed by atoms with Crippen LogP contribution in [0.5, 0.6) is 0 Å². The predicted molar refractivity (Wildman–Crippen MR) is 71.5 cm³/mol. The molecule has 2 aromatic carbocycles. The second-order valence-corrected chi connectivity index (χ2v) is 4.19. The molecule has 0 aliphatic heterocycles. The van der Waals surface area contributed by atoms with Crippen LogP contribution in [0, 0.1) is 33.1 Å². The van der Waals surface area contributed by atoms with Gasteiger partial charge in [-0.2, -0.15) is 5.26 Å². The molecule has 0 aliphatic carbocycles. The topological polar surface area (TPSA) is 79.0 Å². The van der Waals surface area contributed by atoms with Gasteiger partial charge in [-0.25, -0.2) is 8.78 Å². The van der Waals surface area contributed by atoms with Gasteiger partial charge < -0.3 is 5.32 Å². The Morgan fingerprint density at radius 2 is 2.00 bits per heavy atom. The predicted octanol–water partition coefficient (Wildman–Crippen LogP) is 3.36. The van der Waals surface area contributed by atoms with Gasteiger partial charge in [0.2, 0.25) is 0 Å². The maximum Gasteiger partial charge on any atom is 0.293 e. The van der Waals surface area contributed by atoms with E-state index in [0.29, 0.717) is 0 Å². The van der Waals surface area contributed by atoms with E-state index in [1.54, 1.807) is 6.07 Å². The van der Waals surface area contributed by atoms with E-state index < -0.39 is 16.6 Å². The molecule has 0 fully saturated rings. The van der Waals surface area contributed by atoms with Crippen LogP contribution >= 0.6 is 0 Å². The average molecular weight is 289 g/mol. The molecule has 0 aliphatic rings. The second kappa shape index (κ2) is 5.96. The van der Waals surface area contributed by atoms with Crippen molar-refractivity contribution in [2.24, 2.45) is 0 Å². The molecule has 2 rings (SSSR count). The Balaban J connectivity index is 2.26. The SMILES string of the molecule is N#Cc1ccc(NCc2cc(F)ccc2F)c([N+](=O)[O-])c1. The molecule has 0 heterocycles. The third kappa shape index (κ3) is 3.30. The molecule has 0 radical (unpaired) electrons. The molecule has 0 spiro atoms. The zero-order valence-electron chi connectivity index (χ0n) is 10.6. The molecule has 2 aromatic rings. The number of nitrogens with one attached hydrogen (secondary N) is 1. The first-order valence-corrected chi connectivity index (χ1v) is 5.87. The van der Waals surface area contributed by atoms with Gasteiger partial charge in [-0.1, -0.05) is 0 Å². The van der Waals surface area contributed by atoms with E-state index in [9.17, 15) is 18.9 Å². The Kier molecular flexibility index (Phi) is 4.09. The number of nitriles is 1. The number of anilines is 1. The van der Waals surface area contributed by atoms with Crippen LogP contribution in [0.1, 0.15) is 11.1 Å². The van der Waals surface area contributed by atoms with Crippen molar-refractivity contribution in [3.8, 4) is 6.07 Å². The summed E-state index contributed by atoms with van der Waals surface area (Å²) in [7, 11) is 0. The molecule has 21 heavy (non-hydrogen) atoms. The van der Waals surface area contributed by atoms with E-state index in [0.717, 1.165) is 24.3 Å². The Labute approximate surface area is 118 Å². The maximum absolute atomic E-state index is 13.5. The maximum atomic E-state index is 13.5. The molecular formula is C14H9F2N3O2. The molecule has 106 valence electrons. The summed E-state index contributed by atoms with van der Waals surface area (Å²) in [4.78, 5) is 10.3. The summed E-state index contributed by atoms with van der Waals surface area (Å²) in [5.41, 5.74) is 0.0198. The molecule has 0 aromatic heterocycles. The van der Waals surface area contributed by atoms with Gasteiger partial charge in [0.15, 0.2) is 0 Å². The lowest BCUT2D eigenvalue weighted by Crippen LogP contribution is -2.05. The van der Waals surface area contributed by atoms with E-state index in [1.807, 2.05) is 0 Å². The first-order chi connectivity index (χ1) is 10.0. The molecule has 0 bridgehead atoms. The van der Waals surface area contributed by atoms with Crippen molar-refractivity contribution in [1.82, 2.24) is 0 Å². The standard InChI is InChI=1S/C14H9F2N3O2/c15-11-2-3-12(16)10(6-11)8-18-13-4-1-9(7-17)5-14(13)19(20)21/h1-6,18H,8H2. The highest BCUT2D eigenvalue weighted by Crippen LogP contribution is 2.26. The molecule has 1 N–H and O–H groups in total. The third-order valence-corrected chi connectivity index (χ3v) is 2.80. The lowest BCUT2D eigenvalue weighted by atomic mass is 10.1. The molecule has 5 nitrogen and oxygen atoms in total. The van der Waals surface area contributed by atoms with E-state index in [2.05, 4.69) is 5.32 Å². The van der Waals surface area contributed by atoms with Gasteiger partial charge in [-0.05, 0) is 30.3 Å². The zero-order chi connectivity index (χ0) is 15.4. The highest BCUT2D eigenvalue weighted by molar-refractivity contribution is 5.64. The van der Waals surface area contributed by atoms with Gasteiger partial charge in [0, 0.05) is 18.2 Å². The summed E-state index contributed by atoms with van der Waals surface area (Å²) in [5, 5.41) is 22.3. The summed E-state index contributed by atoms with van der Waals surface area (Å²) in [5.74, 6) is -1.21. The molecule has 0 unspecified atom stereocenters. The van der Waals surface area contributed by atoms with Gasteiger partial charge in [-0.15, -0.1) is 0 Å².